The molecule has 0 spiro atoms. The first kappa shape index (κ1) is 33.9. The second-order valence-electron chi connectivity index (χ2n) is 13.2. The first-order valence-corrected chi connectivity index (χ1v) is 19.7. The highest BCUT2D eigenvalue weighted by atomic mass is 31.2. The van der Waals surface area contributed by atoms with Crippen LogP contribution in [0.4, 0.5) is 0 Å². The van der Waals surface area contributed by atoms with E-state index in [1.54, 1.807) is 0 Å². The summed E-state index contributed by atoms with van der Waals surface area (Å²) in [5.74, 6) is 0. The zero-order valence-corrected chi connectivity index (χ0v) is 30.3. The van der Waals surface area contributed by atoms with E-state index in [4.69, 9.17) is 0 Å². The van der Waals surface area contributed by atoms with E-state index in [-0.39, 0.29) is 0 Å². The van der Waals surface area contributed by atoms with Gasteiger partial charge >= 0.3 is 0 Å². The lowest BCUT2D eigenvalue weighted by Crippen LogP contribution is -2.32. The fourth-order valence-corrected chi connectivity index (χ4v) is 10.2. The monoisotopic (exact) mass is 698 g/mol. The van der Waals surface area contributed by atoms with Crippen LogP contribution in [0.1, 0.15) is 38.9 Å². The van der Waals surface area contributed by atoms with Gasteiger partial charge in [-0.05, 0) is 50.6 Å². The fraction of sp³-hybridized carbons (Fsp3) is 0.0196. The molecular weight excluding hydrogens is 660 g/mol. The van der Waals surface area contributed by atoms with Crippen LogP contribution < -0.4 is 15.9 Å². The molecule has 0 bridgehead atoms. The molecule has 8 aromatic rings. The van der Waals surface area contributed by atoms with E-state index in [9.17, 15) is 0 Å². The van der Waals surface area contributed by atoms with Crippen molar-refractivity contribution in [3.63, 3.8) is 0 Å². The maximum Gasteiger partial charge on any atom is 0.171 e. The molecule has 0 fully saturated rings. The molecular formula is C51H39OP. The molecule has 8 aromatic carbocycles. The van der Waals surface area contributed by atoms with E-state index >= 15 is 4.57 Å². The molecule has 53 heavy (non-hydrogen) atoms. The van der Waals surface area contributed by atoms with Gasteiger partial charge < -0.3 is 4.57 Å². The van der Waals surface area contributed by atoms with Crippen LogP contribution in [0.5, 0.6) is 0 Å². The smallest absolute Gasteiger partial charge is 0.171 e. The van der Waals surface area contributed by atoms with Crippen molar-refractivity contribution in [1.82, 2.24) is 0 Å². The number of hydrogen-bond donors (Lipinski definition) is 0. The third-order valence-electron chi connectivity index (χ3n) is 10.1. The van der Waals surface area contributed by atoms with E-state index in [1.165, 1.54) is 16.7 Å². The molecule has 0 radical (unpaired) electrons. The Hall–Kier alpha value is -6.27. The fourth-order valence-electron chi connectivity index (χ4n) is 7.59. The third kappa shape index (κ3) is 6.53. The van der Waals surface area contributed by atoms with Crippen molar-refractivity contribution < 1.29 is 4.57 Å². The van der Waals surface area contributed by atoms with Gasteiger partial charge in [0, 0.05) is 15.9 Å². The van der Waals surface area contributed by atoms with Gasteiger partial charge in [-0.15, -0.1) is 0 Å². The zero-order valence-electron chi connectivity index (χ0n) is 29.4. The summed E-state index contributed by atoms with van der Waals surface area (Å²) >= 11 is 0. The topological polar surface area (TPSA) is 17.1 Å². The van der Waals surface area contributed by atoms with Crippen LogP contribution in [0.2, 0.25) is 0 Å². The van der Waals surface area contributed by atoms with Gasteiger partial charge in [0.05, 0.1) is 5.41 Å². The van der Waals surface area contributed by atoms with Crippen LogP contribution in [-0.4, -0.2) is 0 Å². The van der Waals surface area contributed by atoms with Gasteiger partial charge in [0.25, 0.3) is 0 Å². The Bertz CT molecular complexity index is 2330. The Morgan fingerprint density at radius 1 is 0.340 bits per heavy atom. The molecule has 1 nitrogen and oxygen atoms in total. The Labute approximate surface area is 313 Å². The first-order valence-electron chi connectivity index (χ1n) is 18.0. The van der Waals surface area contributed by atoms with Crippen LogP contribution in [0.15, 0.2) is 231 Å². The lowest BCUT2D eigenvalue weighted by Gasteiger charge is -2.37. The van der Waals surface area contributed by atoms with E-state index in [2.05, 4.69) is 176 Å². The van der Waals surface area contributed by atoms with Crippen molar-refractivity contribution in [3.05, 3.63) is 269 Å². The van der Waals surface area contributed by atoms with Gasteiger partial charge in [-0.3, -0.25) is 0 Å². The van der Waals surface area contributed by atoms with E-state index < -0.39 is 12.6 Å². The van der Waals surface area contributed by atoms with Crippen molar-refractivity contribution in [2.75, 3.05) is 0 Å². The summed E-state index contributed by atoms with van der Waals surface area (Å²) in [6.45, 7) is 0. The lowest BCUT2D eigenvalue weighted by atomic mass is 9.65. The molecule has 254 valence electrons. The Kier molecular flexibility index (Phi) is 9.67. The van der Waals surface area contributed by atoms with Crippen LogP contribution >= 0.6 is 7.14 Å². The molecule has 0 heterocycles. The van der Waals surface area contributed by atoms with Gasteiger partial charge in [0.1, 0.15) is 0 Å². The van der Waals surface area contributed by atoms with Gasteiger partial charge in [-0.25, -0.2) is 0 Å². The maximum absolute atomic E-state index is 15.3. The molecule has 0 N–H and O–H groups in total. The lowest BCUT2D eigenvalue weighted by molar-refractivity contribution is 0.592. The average Bonchev–Trinajstić information content (AvgIpc) is 3.25. The average molecular weight is 699 g/mol. The molecule has 0 aromatic heterocycles. The normalized spacial score (nSPS) is 11.5. The Morgan fingerprint density at radius 2 is 0.642 bits per heavy atom. The van der Waals surface area contributed by atoms with Gasteiger partial charge in [-0.1, -0.05) is 231 Å². The second kappa shape index (κ2) is 15.1. The Morgan fingerprint density at radius 3 is 1.04 bits per heavy atom. The number of rotatable bonds is 10. The molecule has 0 saturated carbocycles. The van der Waals surface area contributed by atoms with Crippen LogP contribution in [0, 0.1) is 0 Å². The first-order chi connectivity index (χ1) is 26.2. The summed E-state index contributed by atoms with van der Waals surface area (Å²) in [5, 5.41) is 2.46. The molecule has 0 aliphatic heterocycles. The van der Waals surface area contributed by atoms with E-state index in [1.807, 2.05) is 60.7 Å². The van der Waals surface area contributed by atoms with E-state index in [0.717, 1.165) is 43.7 Å². The van der Waals surface area contributed by atoms with Crippen molar-refractivity contribution in [1.29, 1.82) is 0 Å². The molecule has 0 amide bonds. The molecule has 0 aliphatic carbocycles. The molecule has 0 aliphatic rings. The minimum atomic E-state index is -3.14. The van der Waals surface area contributed by atoms with Gasteiger partial charge in [0.15, 0.2) is 7.14 Å². The summed E-state index contributed by atoms with van der Waals surface area (Å²) in [5.41, 5.74) is 8.56. The van der Waals surface area contributed by atoms with Crippen LogP contribution in [0.25, 0.3) is 11.6 Å². The highest BCUT2D eigenvalue weighted by Gasteiger charge is 2.39. The maximum atomic E-state index is 15.3. The van der Waals surface area contributed by atoms with Gasteiger partial charge in [-0.2, -0.15) is 0 Å². The third-order valence-corrected chi connectivity index (χ3v) is 13.2. The number of benzene rings is 8. The minimum absolute atomic E-state index is 0.644. The highest BCUT2D eigenvalue weighted by Crippen LogP contribution is 2.47. The Balaban J connectivity index is 1.30. The largest absolute Gasteiger partial charge is 0.309 e. The predicted octanol–water partition coefficient (Wildman–Crippen LogP) is 11.3. The molecule has 0 atom stereocenters. The van der Waals surface area contributed by atoms with Gasteiger partial charge in [0.2, 0.25) is 0 Å². The zero-order chi connectivity index (χ0) is 35.9. The quantitative estimate of drug-likeness (QED) is 0.0789. The summed E-state index contributed by atoms with van der Waals surface area (Å²) in [6.07, 6.45) is 2.28. The van der Waals surface area contributed by atoms with Crippen molar-refractivity contribution >= 4 is 34.7 Å². The van der Waals surface area contributed by atoms with E-state index in [0.29, 0.717) is 0 Å². The van der Waals surface area contributed by atoms with Crippen molar-refractivity contribution in [3.8, 4) is 0 Å². The molecule has 2 heteroatoms. The summed E-state index contributed by atoms with van der Waals surface area (Å²) < 4.78 is 15.3. The van der Waals surface area contributed by atoms with Crippen LogP contribution in [-0.2, 0) is 9.98 Å². The minimum Gasteiger partial charge on any atom is -0.309 e. The summed E-state index contributed by atoms with van der Waals surface area (Å²) in [4.78, 5) is 0. The summed E-state index contributed by atoms with van der Waals surface area (Å²) in [6, 6.07) is 79.9. The van der Waals surface area contributed by atoms with Crippen LogP contribution in [0.3, 0.4) is 0 Å². The SMILES string of the molecule is O=P(c1ccccc1)(c1ccccc1)c1ccc(C(c2ccccc2)(c2ccccc2)c2ccc(C=C(c3ccccc3)c3ccccc3)cc2)cc1. The summed E-state index contributed by atoms with van der Waals surface area (Å²) in [7, 11) is -3.14. The predicted molar refractivity (Wildman–Crippen MR) is 224 cm³/mol. The molecule has 0 unspecified atom stereocenters. The molecule has 0 saturated heterocycles. The number of hydrogen-bond acceptors (Lipinski definition) is 1. The van der Waals surface area contributed by atoms with Crippen molar-refractivity contribution in [2.24, 2.45) is 0 Å². The highest BCUT2D eigenvalue weighted by molar-refractivity contribution is 7.85. The standard InChI is InChI=1S/C51H39OP/c52-53(47-27-15-5-16-28-47,48-29-17-6-18-30-48)49-37-35-46(36-38-49)51(43-23-11-3-12-24-43,44-25-13-4-14-26-44)45-33-31-40(32-34-45)39-50(41-19-7-1-8-20-41)42-21-9-2-10-22-42/h1-39H. The van der Waals surface area contributed by atoms with Crippen molar-refractivity contribution in [2.45, 2.75) is 5.41 Å². The molecule has 8 rings (SSSR count). The second-order valence-corrected chi connectivity index (χ2v) is 16.0.